The average Bonchev–Trinajstić information content (AvgIpc) is 3.17. The van der Waals surface area contributed by atoms with E-state index in [1.54, 1.807) is 48.8 Å². The zero-order valence-electron chi connectivity index (χ0n) is 13.1. The molecule has 4 rings (SSSR count). The minimum Gasteiger partial charge on any atom is -0.508 e. The SMILES string of the molecule is O=C1NC(=S)S/C1=C/c1cc2cncc(C#Cc3ccc(O)cc3)c2o1. The summed E-state index contributed by atoms with van der Waals surface area (Å²) in [4.78, 5) is 16.4. The van der Waals surface area contributed by atoms with Crippen LogP contribution in [0.25, 0.3) is 17.0 Å². The number of fused-ring (bicyclic) bond motifs is 1. The van der Waals surface area contributed by atoms with E-state index in [0.29, 0.717) is 26.1 Å². The van der Waals surface area contributed by atoms with Crippen LogP contribution >= 0.6 is 24.0 Å². The molecular formula is C19H10N2O3S2. The van der Waals surface area contributed by atoms with Crippen LogP contribution in [0.2, 0.25) is 0 Å². The maximum atomic E-state index is 11.8. The number of carbonyl (C=O) groups excluding carboxylic acids is 1. The molecule has 3 aromatic rings. The summed E-state index contributed by atoms with van der Waals surface area (Å²) in [6.45, 7) is 0. The van der Waals surface area contributed by atoms with Gasteiger partial charge in [0.2, 0.25) is 0 Å². The Hall–Kier alpha value is -3.08. The van der Waals surface area contributed by atoms with Crippen molar-refractivity contribution in [2.45, 2.75) is 0 Å². The number of thiocarbonyl (C=S) groups is 1. The van der Waals surface area contributed by atoms with Crippen LogP contribution in [0.5, 0.6) is 5.75 Å². The van der Waals surface area contributed by atoms with E-state index in [1.807, 2.05) is 0 Å². The fourth-order valence-electron chi connectivity index (χ4n) is 2.38. The topological polar surface area (TPSA) is 75.4 Å². The van der Waals surface area contributed by atoms with Crippen LogP contribution in [-0.4, -0.2) is 20.3 Å². The minimum atomic E-state index is -0.231. The second-order valence-corrected chi connectivity index (χ2v) is 7.12. The summed E-state index contributed by atoms with van der Waals surface area (Å²) in [7, 11) is 0. The summed E-state index contributed by atoms with van der Waals surface area (Å²) in [6.07, 6.45) is 4.96. The van der Waals surface area contributed by atoms with E-state index in [9.17, 15) is 9.90 Å². The molecule has 0 radical (unpaired) electrons. The number of aromatic nitrogens is 1. The van der Waals surface area contributed by atoms with Crippen LogP contribution in [0, 0.1) is 11.8 Å². The highest BCUT2D eigenvalue weighted by Crippen LogP contribution is 2.29. The molecule has 0 unspecified atom stereocenters. The van der Waals surface area contributed by atoms with Gasteiger partial charge in [0.1, 0.15) is 15.8 Å². The Balaban J connectivity index is 1.70. The van der Waals surface area contributed by atoms with Crippen LogP contribution in [0.15, 0.2) is 52.0 Å². The lowest BCUT2D eigenvalue weighted by Gasteiger charge is -1.93. The maximum Gasteiger partial charge on any atom is 0.263 e. The molecule has 2 aromatic heterocycles. The number of amides is 1. The number of nitrogens with zero attached hydrogens (tertiary/aromatic N) is 1. The largest absolute Gasteiger partial charge is 0.508 e. The Labute approximate surface area is 158 Å². The fourth-order valence-corrected chi connectivity index (χ4v) is 3.40. The van der Waals surface area contributed by atoms with Crippen molar-refractivity contribution in [3.8, 4) is 17.6 Å². The molecule has 1 amide bonds. The molecule has 0 spiro atoms. The molecule has 1 aliphatic heterocycles. The van der Waals surface area contributed by atoms with E-state index in [0.717, 1.165) is 10.9 Å². The number of phenols is 1. The number of aromatic hydroxyl groups is 1. The van der Waals surface area contributed by atoms with Gasteiger partial charge >= 0.3 is 0 Å². The van der Waals surface area contributed by atoms with Crippen molar-refractivity contribution in [3.63, 3.8) is 0 Å². The number of hydrogen-bond acceptors (Lipinski definition) is 6. The van der Waals surface area contributed by atoms with Gasteiger partial charge < -0.3 is 14.8 Å². The van der Waals surface area contributed by atoms with E-state index < -0.39 is 0 Å². The van der Waals surface area contributed by atoms with Gasteiger partial charge in [-0.3, -0.25) is 9.78 Å². The summed E-state index contributed by atoms with van der Waals surface area (Å²) in [5.74, 6) is 6.54. The molecule has 1 fully saturated rings. The predicted octanol–water partition coefficient (Wildman–Crippen LogP) is 3.42. The summed E-state index contributed by atoms with van der Waals surface area (Å²) >= 11 is 6.18. The number of hydrogen-bond donors (Lipinski definition) is 2. The van der Waals surface area contributed by atoms with E-state index >= 15 is 0 Å². The van der Waals surface area contributed by atoms with Crippen molar-refractivity contribution in [1.29, 1.82) is 0 Å². The average molecular weight is 378 g/mol. The first-order valence-electron chi connectivity index (χ1n) is 7.52. The van der Waals surface area contributed by atoms with Crippen molar-refractivity contribution in [1.82, 2.24) is 10.3 Å². The third kappa shape index (κ3) is 3.33. The standard InChI is InChI=1S/C19H10N2O3S2/c22-14-5-2-11(3-6-14)1-4-12-9-20-10-13-7-15(24-17(12)13)8-16-18(23)21-19(25)26-16/h2-3,5-10,22H,(H,21,23,25)/b16-8+. The molecule has 3 heterocycles. The Kier molecular flexibility index (Phi) is 4.21. The van der Waals surface area contributed by atoms with Gasteiger partial charge in [-0.2, -0.15) is 0 Å². The summed E-state index contributed by atoms with van der Waals surface area (Å²) in [5.41, 5.74) is 2.00. The Morgan fingerprint density at radius 1 is 1.23 bits per heavy atom. The van der Waals surface area contributed by atoms with Gasteiger partial charge in [0.25, 0.3) is 5.91 Å². The highest BCUT2D eigenvalue weighted by Gasteiger charge is 2.22. The predicted molar refractivity (Wildman–Crippen MR) is 104 cm³/mol. The van der Waals surface area contributed by atoms with E-state index in [1.165, 1.54) is 11.8 Å². The molecule has 126 valence electrons. The molecular weight excluding hydrogens is 368 g/mol. The van der Waals surface area contributed by atoms with E-state index in [-0.39, 0.29) is 11.7 Å². The van der Waals surface area contributed by atoms with Crippen LogP contribution in [0.1, 0.15) is 16.9 Å². The fraction of sp³-hybridized carbons (Fsp3) is 0. The zero-order valence-corrected chi connectivity index (χ0v) is 14.8. The van der Waals surface area contributed by atoms with Gasteiger partial charge in [0.15, 0.2) is 5.58 Å². The molecule has 0 saturated carbocycles. The molecule has 7 heteroatoms. The van der Waals surface area contributed by atoms with Crippen molar-refractivity contribution in [2.75, 3.05) is 0 Å². The number of phenolic OH excluding ortho intramolecular Hbond substituents is 1. The molecule has 26 heavy (non-hydrogen) atoms. The van der Waals surface area contributed by atoms with Gasteiger partial charge in [-0.1, -0.05) is 35.8 Å². The van der Waals surface area contributed by atoms with Gasteiger partial charge in [-0.15, -0.1) is 0 Å². The van der Waals surface area contributed by atoms with Crippen molar-refractivity contribution in [3.05, 3.63) is 64.5 Å². The Morgan fingerprint density at radius 3 is 2.77 bits per heavy atom. The Morgan fingerprint density at radius 2 is 2.04 bits per heavy atom. The lowest BCUT2D eigenvalue weighted by atomic mass is 10.2. The number of rotatable bonds is 1. The van der Waals surface area contributed by atoms with Gasteiger partial charge in [-0.05, 0) is 30.3 Å². The molecule has 0 aliphatic carbocycles. The lowest BCUT2D eigenvalue weighted by Crippen LogP contribution is -2.17. The molecule has 5 nitrogen and oxygen atoms in total. The van der Waals surface area contributed by atoms with Gasteiger partial charge in [0.05, 0.1) is 10.5 Å². The highest BCUT2D eigenvalue weighted by atomic mass is 32.2. The number of furan rings is 1. The van der Waals surface area contributed by atoms with Crippen molar-refractivity contribution in [2.24, 2.45) is 0 Å². The molecule has 0 bridgehead atoms. The normalized spacial score (nSPS) is 15.2. The number of pyridine rings is 1. The molecule has 1 aromatic carbocycles. The van der Waals surface area contributed by atoms with Gasteiger partial charge in [0, 0.05) is 29.4 Å². The number of benzene rings is 1. The van der Waals surface area contributed by atoms with E-state index in [4.69, 9.17) is 16.6 Å². The van der Waals surface area contributed by atoms with E-state index in [2.05, 4.69) is 22.1 Å². The first-order chi connectivity index (χ1) is 12.6. The molecule has 2 N–H and O–H groups in total. The smallest absolute Gasteiger partial charge is 0.263 e. The number of carbonyl (C=O) groups is 1. The molecule has 1 aliphatic rings. The third-order valence-corrected chi connectivity index (χ3v) is 4.73. The number of nitrogens with one attached hydrogen (secondary N) is 1. The minimum absolute atomic E-state index is 0.191. The maximum absolute atomic E-state index is 11.8. The van der Waals surface area contributed by atoms with Crippen LogP contribution in [0.4, 0.5) is 0 Å². The van der Waals surface area contributed by atoms with Gasteiger partial charge in [-0.25, -0.2) is 0 Å². The summed E-state index contributed by atoms with van der Waals surface area (Å²) < 4.78 is 6.29. The van der Waals surface area contributed by atoms with Crippen LogP contribution < -0.4 is 5.32 Å². The van der Waals surface area contributed by atoms with Crippen molar-refractivity contribution < 1.29 is 14.3 Å². The van der Waals surface area contributed by atoms with Crippen molar-refractivity contribution >= 4 is 51.3 Å². The first kappa shape index (κ1) is 16.4. The second-order valence-electron chi connectivity index (χ2n) is 5.40. The molecule has 0 atom stereocenters. The number of thioether (sulfide) groups is 1. The lowest BCUT2D eigenvalue weighted by molar-refractivity contribution is -0.115. The third-order valence-electron chi connectivity index (χ3n) is 3.57. The molecule has 1 saturated heterocycles. The summed E-state index contributed by atoms with van der Waals surface area (Å²) in [6, 6.07) is 8.42. The summed E-state index contributed by atoms with van der Waals surface area (Å²) in [5, 5.41) is 12.7. The monoisotopic (exact) mass is 378 g/mol. The Bertz CT molecular complexity index is 1140. The zero-order chi connectivity index (χ0) is 18.1. The van der Waals surface area contributed by atoms with Crippen LogP contribution in [0.3, 0.4) is 0 Å². The first-order valence-corrected chi connectivity index (χ1v) is 8.74. The van der Waals surface area contributed by atoms with Crippen LogP contribution in [-0.2, 0) is 4.79 Å². The second kappa shape index (κ2) is 6.67. The highest BCUT2D eigenvalue weighted by molar-refractivity contribution is 8.26. The quantitative estimate of drug-likeness (QED) is 0.384.